The molecule has 1 aromatic carbocycles. The minimum Gasteiger partial charge on any atom is -0.481 e. The van der Waals surface area contributed by atoms with Gasteiger partial charge in [0.1, 0.15) is 9.96 Å². The zero-order chi connectivity index (χ0) is 17.7. The van der Waals surface area contributed by atoms with Crippen LogP contribution < -0.4 is 10.1 Å². The quantitative estimate of drug-likeness (QED) is 0.812. The molecule has 0 aliphatic heterocycles. The van der Waals surface area contributed by atoms with E-state index in [1.54, 1.807) is 31.2 Å². The number of nitrogens with zero attached hydrogens (tertiary/aromatic N) is 1. The molecule has 1 heterocycles. The van der Waals surface area contributed by atoms with Gasteiger partial charge in [-0.15, -0.1) is 11.3 Å². The van der Waals surface area contributed by atoms with Gasteiger partial charge in [0.05, 0.1) is 6.54 Å². The first kappa shape index (κ1) is 18.4. The number of hydrogen-bond acceptors (Lipinski definition) is 5. The van der Waals surface area contributed by atoms with E-state index in [-0.39, 0.29) is 16.7 Å². The van der Waals surface area contributed by atoms with Crippen molar-refractivity contribution in [3.8, 4) is 5.75 Å². The maximum absolute atomic E-state index is 12.1. The highest BCUT2D eigenvalue weighted by Crippen LogP contribution is 2.23. The predicted octanol–water partition coefficient (Wildman–Crippen LogP) is 2.08. The topological polar surface area (TPSA) is 75.7 Å². The van der Waals surface area contributed by atoms with E-state index in [0.717, 1.165) is 20.5 Å². The lowest BCUT2D eigenvalue weighted by atomic mass is 10.3. The fraction of sp³-hybridized carbons (Fsp3) is 0.312. The summed E-state index contributed by atoms with van der Waals surface area (Å²) in [6, 6.07) is 12.3. The highest BCUT2D eigenvalue weighted by molar-refractivity contribution is 7.91. The summed E-state index contributed by atoms with van der Waals surface area (Å²) in [5.74, 6) is 0.361. The van der Waals surface area contributed by atoms with E-state index >= 15 is 0 Å². The third-order valence-corrected chi connectivity index (χ3v) is 6.60. The van der Waals surface area contributed by atoms with Gasteiger partial charge in [0.25, 0.3) is 15.9 Å². The second kappa shape index (κ2) is 7.78. The van der Waals surface area contributed by atoms with Crippen LogP contribution in [0.2, 0.25) is 0 Å². The van der Waals surface area contributed by atoms with Crippen molar-refractivity contribution in [1.29, 1.82) is 0 Å². The van der Waals surface area contributed by atoms with Crippen LogP contribution in [0.15, 0.2) is 46.7 Å². The van der Waals surface area contributed by atoms with Crippen molar-refractivity contribution in [2.45, 2.75) is 23.8 Å². The Morgan fingerprint density at radius 1 is 1.21 bits per heavy atom. The van der Waals surface area contributed by atoms with Gasteiger partial charge in [-0.25, -0.2) is 12.7 Å². The summed E-state index contributed by atoms with van der Waals surface area (Å²) < 4.78 is 31.0. The molecule has 0 aliphatic carbocycles. The summed E-state index contributed by atoms with van der Waals surface area (Å²) in [7, 11) is -0.467. The van der Waals surface area contributed by atoms with Gasteiger partial charge in [0.2, 0.25) is 0 Å². The Bertz CT molecular complexity index is 785. The summed E-state index contributed by atoms with van der Waals surface area (Å²) in [4.78, 5) is 12.8. The molecule has 1 aromatic heterocycles. The second-order valence-electron chi connectivity index (χ2n) is 5.30. The predicted molar refractivity (Wildman–Crippen MR) is 93.6 cm³/mol. The lowest BCUT2D eigenvalue weighted by molar-refractivity contribution is -0.127. The molecule has 0 saturated carbocycles. The first-order valence-corrected chi connectivity index (χ1v) is 9.57. The highest BCUT2D eigenvalue weighted by Gasteiger charge is 2.20. The zero-order valence-electron chi connectivity index (χ0n) is 13.7. The largest absolute Gasteiger partial charge is 0.481 e. The molecule has 0 fully saturated rings. The summed E-state index contributed by atoms with van der Waals surface area (Å²) >= 11 is 1.14. The molecule has 130 valence electrons. The third kappa shape index (κ3) is 4.56. The van der Waals surface area contributed by atoms with Gasteiger partial charge < -0.3 is 10.1 Å². The molecule has 0 radical (unpaired) electrons. The molecule has 0 aliphatic rings. The minimum atomic E-state index is -3.44. The molecule has 0 saturated heterocycles. The van der Waals surface area contributed by atoms with Gasteiger partial charge in [-0.2, -0.15) is 0 Å². The Balaban J connectivity index is 1.91. The van der Waals surface area contributed by atoms with Crippen LogP contribution in [0.3, 0.4) is 0 Å². The van der Waals surface area contributed by atoms with Gasteiger partial charge >= 0.3 is 0 Å². The van der Waals surface area contributed by atoms with Crippen molar-refractivity contribution < 1.29 is 17.9 Å². The number of carbonyl (C=O) groups excluding carboxylic acids is 1. The number of thiophene rings is 1. The lowest BCUT2D eigenvalue weighted by Gasteiger charge is -2.14. The minimum absolute atomic E-state index is 0.255. The van der Waals surface area contributed by atoms with Gasteiger partial charge in [0.15, 0.2) is 6.10 Å². The molecule has 1 N–H and O–H groups in total. The van der Waals surface area contributed by atoms with Gasteiger partial charge in [0, 0.05) is 19.0 Å². The van der Waals surface area contributed by atoms with Crippen molar-refractivity contribution in [2.75, 3.05) is 14.1 Å². The molecule has 6 nitrogen and oxygen atoms in total. The van der Waals surface area contributed by atoms with Crippen LogP contribution in [0.5, 0.6) is 5.75 Å². The number of benzene rings is 1. The summed E-state index contributed by atoms with van der Waals surface area (Å²) in [5.41, 5.74) is 0. The SMILES string of the molecule is C[C@H](Oc1ccccc1)C(=O)NCc1ccc(S(=O)(=O)N(C)C)s1. The summed E-state index contributed by atoms with van der Waals surface area (Å²) in [6.45, 7) is 1.92. The maximum atomic E-state index is 12.1. The smallest absolute Gasteiger partial charge is 0.261 e. The molecule has 1 amide bonds. The summed E-state index contributed by atoms with van der Waals surface area (Å²) in [6.07, 6.45) is -0.641. The van der Waals surface area contributed by atoms with Crippen LogP contribution in [0, 0.1) is 0 Å². The Hall–Kier alpha value is -1.90. The Morgan fingerprint density at radius 3 is 2.50 bits per heavy atom. The molecule has 1 atom stereocenters. The average Bonchev–Trinajstić information content (AvgIpc) is 3.03. The van der Waals surface area contributed by atoms with E-state index in [2.05, 4.69) is 5.32 Å². The van der Waals surface area contributed by atoms with Crippen LogP contribution in [0.4, 0.5) is 0 Å². The number of hydrogen-bond donors (Lipinski definition) is 1. The zero-order valence-corrected chi connectivity index (χ0v) is 15.4. The maximum Gasteiger partial charge on any atom is 0.261 e. The first-order chi connectivity index (χ1) is 11.3. The first-order valence-electron chi connectivity index (χ1n) is 7.31. The fourth-order valence-corrected chi connectivity index (χ4v) is 4.31. The average molecular weight is 368 g/mol. The monoisotopic (exact) mass is 368 g/mol. The molecule has 0 bridgehead atoms. The van der Waals surface area contributed by atoms with Crippen molar-refractivity contribution >= 4 is 27.3 Å². The fourth-order valence-electron chi connectivity index (χ4n) is 1.85. The Kier molecular flexibility index (Phi) is 5.98. The molecule has 24 heavy (non-hydrogen) atoms. The van der Waals surface area contributed by atoms with Gasteiger partial charge in [-0.1, -0.05) is 18.2 Å². The van der Waals surface area contributed by atoms with Crippen molar-refractivity contribution in [3.05, 3.63) is 47.3 Å². The van der Waals surface area contributed by atoms with Crippen molar-refractivity contribution in [3.63, 3.8) is 0 Å². The van der Waals surface area contributed by atoms with Crippen LogP contribution >= 0.6 is 11.3 Å². The molecule has 2 aromatic rings. The van der Waals surface area contributed by atoms with E-state index in [0.29, 0.717) is 5.75 Å². The lowest BCUT2D eigenvalue weighted by Crippen LogP contribution is -2.35. The van der Waals surface area contributed by atoms with Crippen LogP contribution in [-0.4, -0.2) is 38.8 Å². The van der Waals surface area contributed by atoms with E-state index in [9.17, 15) is 13.2 Å². The Morgan fingerprint density at radius 2 is 1.88 bits per heavy atom. The molecule has 2 rings (SSSR count). The molecular weight excluding hydrogens is 348 g/mol. The molecule has 8 heteroatoms. The Labute approximate surface area is 146 Å². The number of sulfonamides is 1. The van der Waals surface area contributed by atoms with Crippen molar-refractivity contribution in [1.82, 2.24) is 9.62 Å². The van der Waals surface area contributed by atoms with Gasteiger partial charge in [-0.3, -0.25) is 4.79 Å². The molecule has 0 spiro atoms. The summed E-state index contributed by atoms with van der Waals surface area (Å²) in [5, 5.41) is 2.75. The standard InChI is InChI=1S/C16H20N2O4S2/c1-12(22-13-7-5-4-6-8-13)16(19)17-11-14-9-10-15(23-14)24(20,21)18(2)3/h4-10,12H,11H2,1-3H3,(H,17,19)/t12-/m0/s1. The van der Waals surface area contributed by atoms with Crippen LogP contribution in [0.25, 0.3) is 0 Å². The number of carbonyl (C=O) groups is 1. The number of nitrogens with one attached hydrogen (secondary N) is 1. The van der Waals surface area contributed by atoms with E-state index < -0.39 is 16.1 Å². The molecule has 0 unspecified atom stereocenters. The third-order valence-electron chi connectivity index (χ3n) is 3.23. The van der Waals surface area contributed by atoms with Gasteiger partial charge in [-0.05, 0) is 31.2 Å². The normalized spacial score (nSPS) is 12.8. The van der Waals surface area contributed by atoms with E-state index in [1.807, 2.05) is 18.2 Å². The van der Waals surface area contributed by atoms with Crippen LogP contribution in [0.1, 0.15) is 11.8 Å². The number of rotatable bonds is 7. The van der Waals surface area contributed by atoms with E-state index in [4.69, 9.17) is 4.74 Å². The van der Waals surface area contributed by atoms with Crippen LogP contribution in [-0.2, 0) is 21.4 Å². The van der Waals surface area contributed by atoms with E-state index in [1.165, 1.54) is 14.1 Å². The highest BCUT2D eigenvalue weighted by atomic mass is 32.2. The second-order valence-corrected chi connectivity index (χ2v) is 8.85. The number of ether oxygens (including phenoxy) is 1. The van der Waals surface area contributed by atoms with Crippen molar-refractivity contribution in [2.24, 2.45) is 0 Å². The number of amides is 1. The molecular formula is C16H20N2O4S2. The number of para-hydroxylation sites is 1.